The molecule has 0 amide bonds. The molecular weight excluding hydrogens is 252 g/mol. The lowest BCUT2D eigenvalue weighted by molar-refractivity contribution is 0.0517. The van der Waals surface area contributed by atoms with E-state index in [-0.39, 0.29) is 5.97 Å². The van der Waals surface area contributed by atoms with Crippen LogP contribution in [0.2, 0.25) is 0 Å². The Bertz CT molecular complexity index is 580. The number of nitrogens with zero attached hydrogens (tertiary/aromatic N) is 2. The van der Waals surface area contributed by atoms with Gasteiger partial charge in [0.1, 0.15) is 0 Å². The number of ether oxygens (including phenoxy) is 1. The lowest BCUT2D eigenvalue weighted by atomic mass is 10.0. The smallest absolute Gasteiger partial charge is 0.356 e. The second kappa shape index (κ2) is 6.37. The lowest BCUT2D eigenvalue weighted by Crippen LogP contribution is -2.13. The first-order valence-electron chi connectivity index (χ1n) is 7.03. The Labute approximate surface area is 119 Å². The van der Waals surface area contributed by atoms with Gasteiger partial charge in [-0.15, -0.1) is 0 Å². The minimum absolute atomic E-state index is 0.335. The maximum Gasteiger partial charge on any atom is 0.356 e. The molecule has 106 valence electrons. The van der Waals surface area contributed by atoms with Gasteiger partial charge in [0.05, 0.1) is 24.8 Å². The molecule has 0 N–H and O–H groups in total. The van der Waals surface area contributed by atoms with Crippen molar-refractivity contribution in [1.29, 1.82) is 0 Å². The molecule has 2 aromatic rings. The van der Waals surface area contributed by atoms with Gasteiger partial charge in [-0.25, -0.2) is 9.78 Å². The van der Waals surface area contributed by atoms with Gasteiger partial charge in [0.2, 0.25) is 0 Å². The maximum atomic E-state index is 12.0. The number of para-hydroxylation sites is 1. The van der Waals surface area contributed by atoms with Gasteiger partial charge in [-0.05, 0) is 30.9 Å². The van der Waals surface area contributed by atoms with E-state index in [1.165, 1.54) is 11.1 Å². The van der Waals surface area contributed by atoms with Crippen LogP contribution >= 0.6 is 0 Å². The zero-order chi connectivity index (χ0) is 14.5. The Hall–Kier alpha value is -2.10. The molecule has 4 nitrogen and oxygen atoms in total. The first kappa shape index (κ1) is 14.3. The summed E-state index contributed by atoms with van der Waals surface area (Å²) < 4.78 is 6.94. The Balaban J connectivity index is 2.57. The van der Waals surface area contributed by atoms with Crippen LogP contribution in [0.5, 0.6) is 0 Å². The highest BCUT2D eigenvalue weighted by Gasteiger charge is 2.17. The third-order valence-corrected chi connectivity index (χ3v) is 3.33. The minimum Gasteiger partial charge on any atom is -0.461 e. The van der Waals surface area contributed by atoms with Crippen LogP contribution in [0.15, 0.2) is 30.7 Å². The van der Waals surface area contributed by atoms with Crippen molar-refractivity contribution in [3.05, 3.63) is 47.5 Å². The first-order valence-corrected chi connectivity index (χ1v) is 7.03. The number of carbonyl (C=O) groups excluding carboxylic acids is 1. The zero-order valence-corrected chi connectivity index (χ0v) is 12.2. The van der Waals surface area contributed by atoms with Gasteiger partial charge in [-0.3, -0.25) is 4.57 Å². The number of aryl methyl sites for hydroxylation is 2. The van der Waals surface area contributed by atoms with Crippen LogP contribution in [-0.2, 0) is 17.6 Å². The van der Waals surface area contributed by atoms with Crippen molar-refractivity contribution >= 4 is 5.97 Å². The van der Waals surface area contributed by atoms with Crippen LogP contribution < -0.4 is 0 Å². The molecule has 0 atom stereocenters. The third kappa shape index (κ3) is 2.59. The summed E-state index contributed by atoms with van der Waals surface area (Å²) in [6, 6.07) is 6.23. The Kier molecular flexibility index (Phi) is 4.56. The molecule has 1 heterocycles. The number of rotatable bonds is 5. The molecule has 0 unspecified atom stereocenters. The molecule has 0 radical (unpaired) electrons. The molecule has 0 aliphatic carbocycles. The SMILES string of the molecule is CCOC(=O)c1cncn1-c1c(CC)cccc1CC. The third-order valence-electron chi connectivity index (χ3n) is 3.33. The summed E-state index contributed by atoms with van der Waals surface area (Å²) in [6.07, 6.45) is 5.05. The highest BCUT2D eigenvalue weighted by atomic mass is 16.5. The average molecular weight is 272 g/mol. The molecule has 0 fully saturated rings. The number of imidazole rings is 1. The van der Waals surface area contributed by atoms with Gasteiger partial charge in [-0.2, -0.15) is 0 Å². The van der Waals surface area contributed by atoms with Crippen LogP contribution in [0.25, 0.3) is 5.69 Å². The number of esters is 1. The van der Waals surface area contributed by atoms with Crippen LogP contribution in [0, 0.1) is 0 Å². The second-order valence-corrected chi connectivity index (χ2v) is 4.50. The van der Waals surface area contributed by atoms with Gasteiger partial charge in [0, 0.05) is 0 Å². The molecule has 0 spiro atoms. The summed E-state index contributed by atoms with van der Waals surface area (Å²) in [5.41, 5.74) is 3.93. The average Bonchev–Trinajstić information content (AvgIpc) is 2.95. The quantitative estimate of drug-likeness (QED) is 0.785. The number of hydrogen-bond acceptors (Lipinski definition) is 3. The summed E-state index contributed by atoms with van der Waals surface area (Å²) in [5, 5.41) is 0. The standard InChI is InChI=1S/C16H20N2O2/c1-4-12-8-7-9-13(5-2)15(12)18-11-17-10-14(18)16(19)20-6-3/h7-11H,4-6H2,1-3H3. The molecule has 1 aromatic carbocycles. The maximum absolute atomic E-state index is 12.0. The van der Waals surface area contributed by atoms with Gasteiger partial charge >= 0.3 is 5.97 Å². The van der Waals surface area contributed by atoms with E-state index < -0.39 is 0 Å². The van der Waals surface area contributed by atoms with Crippen LogP contribution in [0.4, 0.5) is 0 Å². The molecule has 0 aliphatic rings. The minimum atomic E-state index is -0.335. The summed E-state index contributed by atoms with van der Waals surface area (Å²) in [6.45, 7) is 6.38. The molecule has 0 saturated carbocycles. The van der Waals surface area contributed by atoms with E-state index in [1.807, 2.05) is 4.57 Å². The van der Waals surface area contributed by atoms with Gasteiger partial charge in [0.25, 0.3) is 0 Å². The van der Waals surface area contributed by atoms with Crippen LogP contribution in [-0.4, -0.2) is 22.1 Å². The fourth-order valence-corrected chi connectivity index (χ4v) is 2.35. The molecular formula is C16H20N2O2. The van der Waals surface area contributed by atoms with Gasteiger partial charge in [-0.1, -0.05) is 32.0 Å². The predicted octanol–water partition coefficient (Wildman–Crippen LogP) is 3.17. The van der Waals surface area contributed by atoms with Crippen molar-refractivity contribution in [1.82, 2.24) is 9.55 Å². The van der Waals surface area contributed by atoms with Crippen molar-refractivity contribution in [2.45, 2.75) is 33.6 Å². The van der Waals surface area contributed by atoms with Crippen molar-refractivity contribution in [3.63, 3.8) is 0 Å². The topological polar surface area (TPSA) is 44.1 Å². The number of hydrogen-bond donors (Lipinski definition) is 0. The highest BCUT2D eigenvalue weighted by molar-refractivity contribution is 5.88. The van der Waals surface area contributed by atoms with E-state index in [0.717, 1.165) is 18.5 Å². The normalized spacial score (nSPS) is 10.6. The van der Waals surface area contributed by atoms with E-state index in [2.05, 4.69) is 37.0 Å². The summed E-state index contributed by atoms with van der Waals surface area (Å²) >= 11 is 0. The van der Waals surface area contributed by atoms with Crippen LogP contribution in [0.1, 0.15) is 42.4 Å². The highest BCUT2D eigenvalue weighted by Crippen LogP contribution is 2.23. The van der Waals surface area contributed by atoms with Gasteiger partial charge < -0.3 is 4.74 Å². The van der Waals surface area contributed by atoms with E-state index in [4.69, 9.17) is 4.74 Å². The number of benzene rings is 1. The Morgan fingerprint density at radius 3 is 2.40 bits per heavy atom. The molecule has 0 saturated heterocycles. The van der Waals surface area contributed by atoms with Crippen molar-refractivity contribution in [3.8, 4) is 5.69 Å². The van der Waals surface area contributed by atoms with Crippen molar-refractivity contribution in [2.75, 3.05) is 6.61 Å². The zero-order valence-electron chi connectivity index (χ0n) is 12.2. The Morgan fingerprint density at radius 1 is 1.20 bits per heavy atom. The Morgan fingerprint density at radius 2 is 1.85 bits per heavy atom. The van der Waals surface area contributed by atoms with Crippen molar-refractivity contribution in [2.24, 2.45) is 0 Å². The number of aromatic nitrogens is 2. The largest absolute Gasteiger partial charge is 0.461 e. The monoisotopic (exact) mass is 272 g/mol. The second-order valence-electron chi connectivity index (χ2n) is 4.50. The summed E-state index contributed by atoms with van der Waals surface area (Å²) in [5.74, 6) is -0.335. The predicted molar refractivity (Wildman–Crippen MR) is 78.3 cm³/mol. The lowest BCUT2D eigenvalue weighted by Gasteiger charge is -2.15. The van der Waals surface area contributed by atoms with Crippen molar-refractivity contribution < 1.29 is 9.53 Å². The molecule has 2 rings (SSSR count). The molecule has 0 aliphatic heterocycles. The molecule has 20 heavy (non-hydrogen) atoms. The van der Waals surface area contributed by atoms with E-state index >= 15 is 0 Å². The number of carbonyl (C=O) groups is 1. The van der Waals surface area contributed by atoms with E-state index in [1.54, 1.807) is 19.4 Å². The molecule has 1 aromatic heterocycles. The fourth-order valence-electron chi connectivity index (χ4n) is 2.35. The summed E-state index contributed by atoms with van der Waals surface area (Å²) in [4.78, 5) is 16.1. The van der Waals surface area contributed by atoms with Crippen LogP contribution in [0.3, 0.4) is 0 Å². The first-order chi connectivity index (χ1) is 9.72. The summed E-state index contributed by atoms with van der Waals surface area (Å²) in [7, 11) is 0. The van der Waals surface area contributed by atoms with Gasteiger partial charge in [0.15, 0.2) is 5.69 Å². The van der Waals surface area contributed by atoms with E-state index in [0.29, 0.717) is 12.3 Å². The van der Waals surface area contributed by atoms with E-state index in [9.17, 15) is 4.79 Å². The fraction of sp³-hybridized carbons (Fsp3) is 0.375. The molecule has 0 bridgehead atoms. The molecule has 4 heteroatoms.